The number of piperidine rings is 1. The van der Waals surface area contributed by atoms with Crippen LogP contribution in [0.5, 0.6) is 0 Å². The summed E-state index contributed by atoms with van der Waals surface area (Å²) in [6.07, 6.45) is 2.29. The lowest BCUT2D eigenvalue weighted by Crippen LogP contribution is -2.47. The third kappa shape index (κ3) is 5.19. The highest BCUT2D eigenvalue weighted by Crippen LogP contribution is 2.22. The third-order valence-corrected chi connectivity index (χ3v) is 6.44. The predicted molar refractivity (Wildman–Crippen MR) is 96.3 cm³/mol. The molecule has 1 aromatic carbocycles. The predicted octanol–water partition coefficient (Wildman–Crippen LogP) is 2.80. The number of carbonyl (C=O) groups excluding carboxylic acids is 1. The summed E-state index contributed by atoms with van der Waals surface area (Å²) in [7, 11) is -3.46. The maximum absolute atomic E-state index is 12.7. The Kier molecular flexibility index (Phi) is 6.66. The van der Waals surface area contributed by atoms with E-state index in [9.17, 15) is 13.2 Å². The number of rotatable bonds is 6. The van der Waals surface area contributed by atoms with E-state index in [1.807, 2.05) is 13.8 Å². The van der Waals surface area contributed by atoms with Gasteiger partial charge in [0.2, 0.25) is 15.9 Å². The second-order valence-electron chi connectivity index (χ2n) is 6.40. The van der Waals surface area contributed by atoms with Crippen LogP contribution in [0.25, 0.3) is 0 Å². The van der Waals surface area contributed by atoms with Crippen LogP contribution in [0.3, 0.4) is 0 Å². The Morgan fingerprint density at radius 1 is 1.46 bits per heavy atom. The van der Waals surface area contributed by atoms with Gasteiger partial charge in [0.15, 0.2) is 0 Å². The molecule has 134 valence electrons. The largest absolute Gasteiger partial charge is 0.353 e. The smallest absolute Gasteiger partial charge is 0.224 e. The molecule has 0 saturated carbocycles. The summed E-state index contributed by atoms with van der Waals surface area (Å²) in [5.74, 6) is -0.415. The van der Waals surface area contributed by atoms with Crippen molar-refractivity contribution in [1.82, 2.24) is 9.62 Å². The highest BCUT2D eigenvalue weighted by molar-refractivity contribution is 7.88. The first-order valence-corrected chi connectivity index (χ1v) is 10.3. The number of nitrogens with one attached hydrogen (secondary N) is 1. The first-order chi connectivity index (χ1) is 11.3. The molecule has 1 aliphatic heterocycles. The van der Waals surface area contributed by atoms with E-state index in [2.05, 4.69) is 5.32 Å². The van der Waals surface area contributed by atoms with Crippen LogP contribution in [0.2, 0.25) is 5.02 Å². The van der Waals surface area contributed by atoms with Gasteiger partial charge in [0.1, 0.15) is 0 Å². The molecule has 0 spiro atoms. The molecule has 0 bridgehead atoms. The molecule has 0 aliphatic carbocycles. The van der Waals surface area contributed by atoms with Crippen LogP contribution in [0.1, 0.15) is 38.7 Å². The van der Waals surface area contributed by atoms with E-state index in [1.54, 1.807) is 24.3 Å². The molecule has 1 amide bonds. The number of nitrogens with zero attached hydrogens (tertiary/aromatic N) is 1. The van der Waals surface area contributed by atoms with E-state index in [-0.39, 0.29) is 30.2 Å². The minimum Gasteiger partial charge on any atom is -0.353 e. The molecule has 0 unspecified atom stereocenters. The number of hydrogen-bond acceptors (Lipinski definition) is 3. The second kappa shape index (κ2) is 8.32. The zero-order valence-electron chi connectivity index (χ0n) is 14.2. The summed E-state index contributed by atoms with van der Waals surface area (Å²) in [6.45, 7) is 4.68. The quantitative estimate of drug-likeness (QED) is 0.834. The molecule has 1 N–H and O–H groups in total. The Morgan fingerprint density at radius 3 is 2.88 bits per heavy atom. The van der Waals surface area contributed by atoms with Crippen molar-refractivity contribution in [3.8, 4) is 0 Å². The van der Waals surface area contributed by atoms with Crippen molar-refractivity contribution >= 4 is 27.5 Å². The van der Waals surface area contributed by atoms with E-state index >= 15 is 0 Å². The molecule has 5 nitrogen and oxygen atoms in total. The fourth-order valence-electron chi connectivity index (χ4n) is 2.80. The Hall–Kier alpha value is -1.11. The van der Waals surface area contributed by atoms with Crippen molar-refractivity contribution in [2.24, 2.45) is 5.92 Å². The molecular formula is C17H25ClN2O3S. The summed E-state index contributed by atoms with van der Waals surface area (Å²) in [6, 6.07) is 6.98. The van der Waals surface area contributed by atoms with Gasteiger partial charge in [-0.2, -0.15) is 0 Å². The summed E-state index contributed by atoms with van der Waals surface area (Å²) in [5, 5.41) is 3.47. The molecule has 2 atom stereocenters. The minimum absolute atomic E-state index is 0.0491. The standard InChI is InChI=1S/C17H25ClN2O3S/c1-3-13(2)19-17(21)15-7-5-9-20(11-15)24(22,23)12-14-6-4-8-16(18)10-14/h4,6,8,10,13,15H,3,5,7,9,11-12H2,1-2H3,(H,19,21)/t13-,15+/m0/s1. The van der Waals surface area contributed by atoms with Gasteiger partial charge in [-0.15, -0.1) is 0 Å². The maximum Gasteiger partial charge on any atom is 0.224 e. The van der Waals surface area contributed by atoms with Crippen molar-refractivity contribution in [1.29, 1.82) is 0 Å². The van der Waals surface area contributed by atoms with Crippen molar-refractivity contribution in [3.05, 3.63) is 34.9 Å². The Bertz CT molecular complexity index is 678. The number of halogens is 1. The molecule has 24 heavy (non-hydrogen) atoms. The first-order valence-electron chi connectivity index (χ1n) is 8.34. The van der Waals surface area contributed by atoms with Crippen LogP contribution in [0, 0.1) is 5.92 Å². The lowest BCUT2D eigenvalue weighted by molar-refractivity contribution is -0.126. The molecule has 0 aromatic heterocycles. The lowest BCUT2D eigenvalue weighted by Gasteiger charge is -2.31. The second-order valence-corrected chi connectivity index (χ2v) is 8.81. The SMILES string of the molecule is CC[C@H](C)NC(=O)[C@@H]1CCCN(S(=O)(=O)Cc2cccc(Cl)c2)C1. The normalized spacial score (nSPS) is 20.5. The summed E-state index contributed by atoms with van der Waals surface area (Å²) in [4.78, 5) is 12.3. The molecule has 1 saturated heterocycles. The van der Waals surface area contributed by atoms with Gasteiger partial charge < -0.3 is 5.32 Å². The van der Waals surface area contributed by atoms with Crippen molar-refractivity contribution in [2.45, 2.75) is 44.9 Å². The number of amides is 1. The minimum atomic E-state index is -3.46. The molecule has 2 rings (SSSR count). The zero-order chi connectivity index (χ0) is 17.7. The third-order valence-electron chi connectivity index (χ3n) is 4.39. The molecular weight excluding hydrogens is 348 g/mol. The van der Waals surface area contributed by atoms with Crippen molar-refractivity contribution < 1.29 is 13.2 Å². The number of hydrogen-bond donors (Lipinski definition) is 1. The summed E-state index contributed by atoms with van der Waals surface area (Å²) < 4.78 is 26.8. The average Bonchev–Trinajstić information content (AvgIpc) is 2.54. The average molecular weight is 373 g/mol. The van der Waals surface area contributed by atoms with Crippen LogP contribution < -0.4 is 5.32 Å². The van der Waals surface area contributed by atoms with Gasteiger partial charge in [-0.05, 0) is 43.9 Å². The molecule has 1 aromatic rings. The fraction of sp³-hybridized carbons (Fsp3) is 0.588. The molecule has 0 radical (unpaired) electrons. The van der Waals surface area contributed by atoms with Crippen molar-refractivity contribution in [2.75, 3.05) is 13.1 Å². The van der Waals surface area contributed by atoms with Gasteiger partial charge >= 0.3 is 0 Å². The highest BCUT2D eigenvalue weighted by Gasteiger charge is 2.32. The van der Waals surface area contributed by atoms with Crippen LogP contribution in [0.15, 0.2) is 24.3 Å². The van der Waals surface area contributed by atoms with Crippen LogP contribution in [-0.4, -0.2) is 37.8 Å². The highest BCUT2D eigenvalue weighted by atomic mass is 35.5. The molecule has 1 aliphatic rings. The van der Waals surface area contributed by atoms with Gasteiger partial charge in [0.05, 0.1) is 11.7 Å². The lowest BCUT2D eigenvalue weighted by atomic mass is 9.98. The van der Waals surface area contributed by atoms with E-state index < -0.39 is 10.0 Å². The van der Waals surface area contributed by atoms with Crippen molar-refractivity contribution in [3.63, 3.8) is 0 Å². The topological polar surface area (TPSA) is 66.5 Å². The first kappa shape index (κ1) is 19.2. The fourth-order valence-corrected chi connectivity index (χ4v) is 4.61. The van der Waals surface area contributed by atoms with Gasteiger partial charge in [0.25, 0.3) is 0 Å². The van der Waals surface area contributed by atoms with Crippen LogP contribution in [-0.2, 0) is 20.6 Å². The maximum atomic E-state index is 12.7. The molecule has 1 heterocycles. The number of benzene rings is 1. The van der Waals surface area contributed by atoms with E-state index in [0.717, 1.165) is 12.8 Å². The molecule has 7 heteroatoms. The van der Waals surface area contributed by atoms with Gasteiger partial charge in [0, 0.05) is 24.2 Å². The van der Waals surface area contributed by atoms with Crippen LogP contribution in [0.4, 0.5) is 0 Å². The van der Waals surface area contributed by atoms with Gasteiger partial charge in [-0.25, -0.2) is 12.7 Å². The summed E-state index contributed by atoms with van der Waals surface area (Å²) in [5.41, 5.74) is 0.661. The Morgan fingerprint density at radius 2 is 2.21 bits per heavy atom. The number of carbonyl (C=O) groups is 1. The van der Waals surface area contributed by atoms with Gasteiger partial charge in [-0.3, -0.25) is 4.79 Å². The Labute approximate surface area is 149 Å². The van der Waals surface area contributed by atoms with Crippen LogP contribution >= 0.6 is 11.6 Å². The number of sulfonamides is 1. The zero-order valence-corrected chi connectivity index (χ0v) is 15.7. The van der Waals surface area contributed by atoms with E-state index in [4.69, 9.17) is 11.6 Å². The molecule has 1 fully saturated rings. The van der Waals surface area contributed by atoms with Gasteiger partial charge in [-0.1, -0.05) is 30.7 Å². The van der Waals surface area contributed by atoms with E-state index in [1.165, 1.54) is 4.31 Å². The Balaban J connectivity index is 2.03. The van der Waals surface area contributed by atoms with E-state index in [0.29, 0.717) is 23.6 Å². The monoisotopic (exact) mass is 372 g/mol. The summed E-state index contributed by atoms with van der Waals surface area (Å²) >= 11 is 5.92.